The maximum absolute atomic E-state index is 12.4. The van der Waals surface area contributed by atoms with E-state index in [1.54, 1.807) is 11.9 Å². The number of carbonyl (C=O) groups excluding carboxylic acids is 1. The number of esters is 1. The van der Waals surface area contributed by atoms with Gasteiger partial charge in [-0.3, -0.25) is 14.7 Å². The highest BCUT2D eigenvalue weighted by Gasteiger charge is 2.22. The van der Waals surface area contributed by atoms with Crippen molar-refractivity contribution in [2.75, 3.05) is 33.2 Å². The number of halogens is 3. The van der Waals surface area contributed by atoms with Crippen molar-refractivity contribution in [2.24, 2.45) is 4.99 Å². The molecule has 2 N–H and O–H groups in total. The molecule has 1 aliphatic carbocycles. The zero-order chi connectivity index (χ0) is 18.8. The van der Waals surface area contributed by atoms with Crippen LogP contribution in [0.5, 0.6) is 0 Å². The molecular weight excluding hydrogens is 469 g/mol. The molecule has 27 heavy (non-hydrogen) atoms. The first-order chi connectivity index (χ1) is 12.6. The van der Waals surface area contributed by atoms with Gasteiger partial charge in [0, 0.05) is 39.1 Å². The molecule has 1 saturated carbocycles. The minimum absolute atomic E-state index is 0. The quantitative estimate of drug-likeness (QED) is 0.176. The van der Waals surface area contributed by atoms with Crippen molar-refractivity contribution in [2.45, 2.75) is 69.9 Å². The predicted molar refractivity (Wildman–Crippen MR) is 113 cm³/mol. The van der Waals surface area contributed by atoms with Gasteiger partial charge in [0.05, 0.1) is 6.54 Å². The van der Waals surface area contributed by atoms with Crippen LogP contribution in [-0.4, -0.2) is 68.6 Å². The van der Waals surface area contributed by atoms with Gasteiger partial charge in [-0.2, -0.15) is 0 Å². The fourth-order valence-corrected chi connectivity index (χ4v) is 3.53. The molecule has 0 aromatic rings. The molecule has 0 atom stereocenters. The number of nitrogens with one attached hydrogen (secondary N) is 2. The lowest BCUT2D eigenvalue weighted by molar-refractivity contribution is -0.148. The van der Waals surface area contributed by atoms with Gasteiger partial charge in [0.15, 0.2) is 5.96 Å². The Kier molecular flexibility index (Phi) is 12.1. The zero-order valence-electron chi connectivity index (χ0n) is 16.1. The van der Waals surface area contributed by atoms with E-state index in [0.717, 1.165) is 38.5 Å². The minimum atomic E-state index is -2.27. The number of ether oxygens (including phenoxy) is 1. The molecule has 0 radical (unpaired) electrons. The van der Waals surface area contributed by atoms with Crippen LogP contribution in [0.15, 0.2) is 4.99 Å². The van der Waals surface area contributed by atoms with E-state index < -0.39 is 6.43 Å². The number of hydrogen-bond donors (Lipinski definition) is 2. The standard InChI is InChI=1S/C18H32F2N4O2.HI/c1-21-18(23-14-8-11-24(12-9-14)13-16(19)20)22-10-4-7-17(25)26-15-5-2-3-6-15;/h14-16H,2-13H2,1H3,(H2,21,22,23);1H. The Balaban J connectivity index is 0.00000364. The molecule has 0 unspecified atom stereocenters. The average Bonchev–Trinajstić information content (AvgIpc) is 3.11. The summed E-state index contributed by atoms with van der Waals surface area (Å²) in [6, 6.07) is 0.238. The van der Waals surface area contributed by atoms with Crippen molar-refractivity contribution < 1.29 is 18.3 Å². The van der Waals surface area contributed by atoms with E-state index in [1.807, 2.05) is 0 Å². The van der Waals surface area contributed by atoms with Crippen LogP contribution >= 0.6 is 24.0 Å². The molecule has 0 spiro atoms. The van der Waals surface area contributed by atoms with Crippen LogP contribution in [0.25, 0.3) is 0 Å². The zero-order valence-corrected chi connectivity index (χ0v) is 18.4. The first-order valence-corrected chi connectivity index (χ1v) is 9.74. The Labute approximate surface area is 177 Å². The van der Waals surface area contributed by atoms with Gasteiger partial charge < -0.3 is 15.4 Å². The Morgan fingerprint density at radius 3 is 2.48 bits per heavy atom. The topological polar surface area (TPSA) is 66.0 Å². The van der Waals surface area contributed by atoms with E-state index >= 15 is 0 Å². The third-order valence-electron chi connectivity index (χ3n) is 5.00. The fraction of sp³-hybridized carbons (Fsp3) is 0.889. The van der Waals surface area contributed by atoms with Gasteiger partial charge in [0.1, 0.15) is 6.10 Å². The highest BCUT2D eigenvalue weighted by atomic mass is 127. The van der Waals surface area contributed by atoms with Gasteiger partial charge in [0.25, 0.3) is 6.43 Å². The second-order valence-electron chi connectivity index (χ2n) is 7.11. The molecule has 2 aliphatic rings. The van der Waals surface area contributed by atoms with Crippen molar-refractivity contribution in [3.63, 3.8) is 0 Å². The summed E-state index contributed by atoms with van der Waals surface area (Å²) >= 11 is 0. The Bertz CT molecular complexity index is 455. The minimum Gasteiger partial charge on any atom is -0.462 e. The summed E-state index contributed by atoms with van der Waals surface area (Å²) in [5.41, 5.74) is 0. The summed E-state index contributed by atoms with van der Waals surface area (Å²) in [6.07, 6.45) is 4.90. The highest BCUT2D eigenvalue weighted by Crippen LogP contribution is 2.21. The van der Waals surface area contributed by atoms with Gasteiger partial charge in [0.2, 0.25) is 0 Å². The SMILES string of the molecule is CN=C(NCCCC(=O)OC1CCCC1)NC1CCN(CC(F)F)CC1.I. The van der Waals surface area contributed by atoms with Crippen molar-refractivity contribution in [1.29, 1.82) is 0 Å². The summed E-state index contributed by atoms with van der Waals surface area (Å²) in [4.78, 5) is 17.8. The number of piperidine rings is 1. The van der Waals surface area contributed by atoms with E-state index in [1.165, 1.54) is 0 Å². The second-order valence-corrected chi connectivity index (χ2v) is 7.11. The third kappa shape index (κ3) is 9.87. The van der Waals surface area contributed by atoms with Crippen molar-refractivity contribution >= 4 is 35.9 Å². The molecule has 2 fully saturated rings. The lowest BCUT2D eigenvalue weighted by atomic mass is 10.1. The Morgan fingerprint density at radius 1 is 1.22 bits per heavy atom. The molecule has 9 heteroatoms. The molecule has 0 aromatic carbocycles. The van der Waals surface area contributed by atoms with E-state index in [2.05, 4.69) is 15.6 Å². The third-order valence-corrected chi connectivity index (χ3v) is 5.00. The monoisotopic (exact) mass is 502 g/mol. The predicted octanol–water partition coefficient (Wildman–Crippen LogP) is 2.76. The Hall–Kier alpha value is -0.710. The summed E-state index contributed by atoms with van der Waals surface area (Å²) in [5, 5.41) is 6.54. The second kappa shape index (κ2) is 13.5. The maximum atomic E-state index is 12.4. The average molecular weight is 502 g/mol. The van der Waals surface area contributed by atoms with Gasteiger partial charge >= 0.3 is 5.97 Å². The largest absolute Gasteiger partial charge is 0.462 e. The lowest BCUT2D eigenvalue weighted by Gasteiger charge is -2.32. The first-order valence-electron chi connectivity index (χ1n) is 9.74. The molecule has 0 amide bonds. The molecular formula is C18H33F2IN4O2. The van der Waals surface area contributed by atoms with Gasteiger partial charge in [-0.15, -0.1) is 24.0 Å². The molecule has 158 valence electrons. The van der Waals surface area contributed by atoms with Crippen LogP contribution in [-0.2, 0) is 9.53 Å². The molecule has 1 heterocycles. The van der Waals surface area contributed by atoms with E-state index in [0.29, 0.717) is 38.4 Å². The summed E-state index contributed by atoms with van der Waals surface area (Å²) in [6.45, 7) is 1.85. The van der Waals surface area contributed by atoms with Crippen LogP contribution in [0.3, 0.4) is 0 Å². The molecule has 1 saturated heterocycles. The first kappa shape index (κ1) is 24.3. The van der Waals surface area contributed by atoms with Crippen molar-refractivity contribution in [3.05, 3.63) is 0 Å². The number of likely N-dealkylation sites (tertiary alicyclic amines) is 1. The van der Waals surface area contributed by atoms with Gasteiger partial charge in [-0.25, -0.2) is 8.78 Å². The van der Waals surface area contributed by atoms with E-state index in [-0.39, 0.29) is 48.6 Å². The van der Waals surface area contributed by atoms with Gasteiger partial charge in [-0.1, -0.05) is 0 Å². The number of hydrogen-bond acceptors (Lipinski definition) is 4. The maximum Gasteiger partial charge on any atom is 0.306 e. The van der Waals surface area contributed by atoms with Crippen molar-refractivity contribution in [1.82, 2.24) is 15.5 Å². The molecule has 2 rings (SSSR count). The number of guanidine groups is 1. The smallest absolute Gasteiger partial charge is 0.306 e. The Morgan fingerprint density at radius 2 is 1.89 bits per heavy atom. The summed E-state index contributed by atoms with van der Waals surface area (Å²) in [7, 11) is 1.70. The summed E-state index contributed by atoms with van der Waals surface area (Å²) in [5.74, 6) is 0.578. The molecule has 1 aliphatic heterocycles. The number of nitrogens with zero attached hydrogens (tertiary/aromatic N) is 2. The normalized spacial score (nSPS) is 19.8. The van der Waals surface area contributed by atoms with Crippen LogP contribution in [0, 0.1) is 0 Å². The molecule has 6 nitrogen and oxygen atoms in total. The highest BCUT2D eigenvalue weighted by molar-refractivity contribution is 14.0. The van der Waals surface area contributed by atoms with Crippen LogP contribution < -0.4 is 10.6 Å². The van der Waals surface area contributed by atoms with E-state index in [9.17, 15) is 13.6 Å². The number of alkyl halides is 2. The molecule has 0 aromatic heterocycles. The number of aliphatic imine (C=N–C) groups is 1. The van der Waals surface area contributed by atoms with Crippen LogP contribution in [0.1, 0.15) is 51.4 Å². The van der Waals surface area contributed by atoms with Gasteiger partial charge in [-0.05, 0) is 44.9 Å². The fourth-order valence-electron chi connectivity index (χ4n) is 3.53. The van der Waals surface area contributed by atoms with E-state index in [4.69, 9.17) is 4.74 Å². The van der Waals surface area contributed by atoms with Crippen LogP contribution in [0.2, 0.25) is 0 Å². The number of carbonyl (C=O) groups is 1. The van der Waals surface area contributed by atoms with Crippen LogP contribution in [0.4, 0.5) is 8.78 Å². The number of rotatable bonds is 8. The van der Waals surface area contributed by atoms with Crippen molar-refractivity contribution in [3.8, 4) is 0 Å². The lowest BCUT2D eigenvalue weighted by Crippen LogP contribution is -2.49. The summed E-state index contributed by atoms with van der Waals surface area (Å²) < 4.78 is 30.2. The molecule has 0 bridgehead atoms.